The van der Waals surface area contributed by atoms with Gasteiger partial charge in [-0.1, -0.05) is 17.7 Å². The third kappa shape index (κ3) is 5.98. The molecular formula is C23H30N2O5S. The fraction of sp³-hybridized carbons (Fsp3) is 0.435. The molecule has 1 aliphatic rings. The maximum absolute atomic E-state index is 12.8. The van der Waals surface area contributed by atoms with Crippen LogP contribution in [-0.4, -0.2) is 51.5 Å². The van der Waals surface area contributed by atoms with E-state index in [1.54, 1.807) is 31.4 Å². The van der Waals surface area contributed by atoms with Crippen LogP contribution in [0.15, 0.2) is 53.4 Å². The van der Waals surface area contributed by atoms with Crippen molar-refractivity contribution in [3.63, 3.8) is 0 Å². The molecule has 0 bridgehead atoms. The zero-order chi connectivity index (χ0) is 22.4. The van der Waals surface area contributed by atoms with Crippen LogP contribution in [0.4, 0.5) is 0 Å². The number of rotatable bonds is 8. The van der Waals surface area contributed by atoms with Gasteiger partial charge in [-0.15, -0.1) is 0 Å². The van der Waals surface area contributed by atoms with E-state index in [4.69, 9.17) is 9.47 Å². The molecule has 168 valence electrons. The van der Waals surface area contributed by atoms with Gasteiger partial charge < -0.3 is 14.8 Å². The van der Waals surface area contributed by atoms with Crippen molar-refractivity contribution in [2.75, 3.05) is 26.8 Å². The van der Waals surface area contributed by atoms with Gasteiger partial charge in [0.25, 0.3) is 0 Å². The van der Waals surface area contributed by atoms with Crippen LogP contribution >= 0.6 is 0 Å². The number of carbonyl (C=O) groups is 1. The highest BCUT2D eigenvalue weighted by molar-refractivity contribution is 7.89. The van der Waals surface area contributed by atoms with E-state index in [1.165, 1.54) is 4.31 Å². The Balaban J connectivity index is 1.46. The predicted molar refractivity (Wildman–Crippen MR) is 119 cm³/mol. The van der Waals surface area contributed by atoms with Crippen LogP contribution in [0.5, 0.6) is 11.5 Å². The lowest BCUT2D eigenvalue weighted by atomic mass is 9.97. The number of hydrogen-bond acceptors (Lipinski definition) is 5. The molecule has 7 nitrogen and oxygen atoms in total. The number of hydrogen-bond donors (Lipinski definition) is 1. The molecule has 1 fully saturated rings. The van der Waals surface area contributed by atoms with Crippen LogP contribution in [-0.2, 0) is 14.8 Å². The molecule has 0 aliphatic carbocycles. The molecule has 2 aromatic carbocycles. The standard InChI is InChI=1S/C23H30N2O5S/c1-17-4-10-22(11-5-17)31(27,28)25-14-12-19(13-15-25)23(26)24-18(2)16-30-21-8-6-20(29-3)7-9-21/h4-11,18-19H,12-16H2,1-3H3,(H,24,26)/t18-/m0/s1. The number of benzene rings is 2. The number of nitrogens with zero attached hydrogens (tertiary/aromatic N) is 1. The Morgan fingerprint density at radius 3 is 2.23 bits per heavy atom. The number of methoxy groups -OCH3 is 1. The monoisotopic (exact) mass is 446 g/mol. The first-order valence-corrected chi connectivity index (χ1v) is 11.9. The normalized spacial score (nSPS) is 16.5. The summed E-state index contributed by atoms with van der Waals surface area (Å²) in [5.74, 6) is 1.20. The largest absolute Gasteiger partial charge is 0.497 e. The molecule has 2 aromatic rings. The molecule has 0 radical (unpaired) electrons. The van der Waals surface area contributed by atoms with E-state index in [-0.39, 0.29) is 17.9 Å². The average molecular weight is 447 g/mol. The maximum atomic E-state index is 12.8. The van der Waals surface area contributed by atoms with Crippen molar-refractivity contribution >= 4 is 15.9 Å². The summed E-state index contributed by atoms with van der Waals surface area (Å²) in [5.41, 5.74) is 1.01. The van der Waals surface area contributed by atoms with Crippen LogP contribution in [0.1, 0.15) is 25.3 Å². The summed E-state index contributed by atoms with van der Waals surface area (Å²) in [4.78, 5) is 12.9. The summed E-state index contributed by atoms with van der Waals surface area (Å²) >= 11 is 0. The molecule has 31 heavy (non-hydrogen) atoms. The van der Waals surface area contributed by atoms with Gasteiger partial charge in [0.15, 0.2) is 0 Å². The van der Waals surface area contributed by atoms with Gasteiger partial charge in [0, 0.05) is 19.0 Å². The number of nitrogens with one attached hydrogen (secondary N) is 1. The number of aryl methyl sites for hydroxylation is 1. The molecule has 8 heteroatoms. The van der Waals surface area contributed by atoms with Gasteiger partial charge in [-0.05, 0) is 63.1 Å². The molecule has 0 unspecified atom stereocenters. The van der Waals surface area contributed by atoms with Crippen molar-refractivity contribution < 1.29 is 22.7 Å². The molecule has 1 aliphatic heterocycles. The Bertz CT molecular complexity index is 966. The Morgan fingerprint density at radius 2 is 1.65 bits per heavy atom. The van der Waals surface area contributed by atoms with Crippen molar-refractivity contribution in [2.45, 2.75) is 37.6 Å². The minimum absolute atomic E-state index is 0.0572. The zero-order valence-electron chi connectivity index (χ0n) is 18.2. The Hall–Kier alpha value is -2.58. The second-order valence-electron chi connectivity index (χ2n) is 7.89. The minimum Gasteiger partial charge on any atom is -0.497 e. The third-order valence-electron chi connectivity index (χ3n) is 5.43. The summed E-state index contributed by atoms with van der Waals surface area (Å²) in [6.45, 7) is 4.83. The molecule has 1 N–H and O–H groups in total. The second kappa shape index (κ2) is 10.2. The zero-order valence-corrected chi connectivity index (χ0v) is 19.0. The Labute approximate surface area is 184 Å². The van der Waals surface area contributed by atoms with Crippen molar-refractivity contribution in [2.24, 2.45) is 5.92 Å². The molecule has 0 aromatic heterocycles. The Kier molecular flexibility index (Phi) is 7.56. The number of sulfonamides is 1. The highest BCUT2D eigenvalue weighted by atomic mass is 32.2. The van der Waals surface area contributed by atoms with E-state index < -0.39 is 10.0 Å². The number of amides is 1. The number of piperidine rings is 1. The molecule has 3 rings (SSSR count). The van der Waals surface area contributed by atoms with Crippen LogP contribution < -0.4 is 14.8 Å². The highest BCUT2D eigenvalue weighted by Crippen LogP contribution is 2.24. The van der Waals surface area contributed by atoms with E-state index in [2.05, 4.69) is 5.32 Å². The summed E-state index contributed by atoms with van der Waals surface area (Å²) in [6, 6.07) is 14.0. The van der Waals surface area contributed by atoms with Crippen molar-refractivity contribution in [1.82, 2.24) is 9.62 Å². The molecule has 1 atom stereocenters. The summed E-state index contributed by atoms with van der Waals surface area (Å²) in [6.07, 6.45) is 1.01. The van der Waals surface area contributed by atoms with E-state index in [0.29, 0.717) is 43.2 Å². The summed E-state index contributed by atoms with van der Waals surface area (Å²) in [5, 5.41) is 2.98. The van der Waals surface area contributed by atoms with Gasteiger partial charge in [-0.3, -0.25) is 4.79 Å². The van der Waals surface area contributed by atoms with E-state index >= 15 is 0 Å². The van der Waals surface area contributed by atoms with Crippen LogP contribution in [0, 0.1) is 12.8 Å². The van der Waals surface area contributed by atoms with Crippen molar-refractivity contribution in [1.29, 1.82) is 0 Å². The lowest BCUT2D eigenvalue weighted by molar-refractivity contribution is -0.126. The highest BCUT2D eigenvalue weighted by Gasteiger charge is 2.32. The first-order chi connectivity index (χ1) is 14.8. The first-order valence-electron chi connectivity index (χ1n) is 10.4. The predicted octanol–water partition coefficient (Wildman–Crippen LogP) is 2.99. The molecule has 0 saturated carbocycles. The maximum Gasteiger partial charge on any atom is 0.243 e. The molecular weight excluding hydrogens is 416 g/mol. The van der Waals surface area contributed by atoms with Crippen molar-refractivity contribution in [3.05, 3.63) is 54.1 Å². The smallest absolute Gasteiger partial charge is 0.243 e. The lowest BCUT2D eigenvalue weighted by Gasteiger charge is -2.31. The average Bonchev–Trinajstić information content (AvgIpc) is 2.78. The molecule has 1 heterocycles. The SMILES string of the molecule is COc1ccc(OC[C@H](C)NC(=O)C2CCN(S(=O)(=O)c3ccc(C)cc3)CC2)cc1. The fourth-order valence-electron chi connectivity index (χ4n) is 3.51. The topological polar surface area (TPSA) is 84.9 Å². The van der Waals surface area contributed by atoms with Gasteiger partial charge in [-0.2, -0.15) is 4.31 Å². The van der Waals surface area contributed by atoms with Gasteiger partial charge in [0.1, 0.15) is 18.1 Å². The lowest BCUT2D eigenvalue weighted by Crippen LogP contribution is -2.45. The Morgan fingerprint density at radius 1 is 1.06 bits per heavy atom. The van der Waals surface area contributed by atoms with Crippen LogP contribution in [0.25, 0.3) is 0 Å². The van der Waals surface area contributed by atoms with Gasteiger partial charge in [0.05, 0.1) is 18.0 Å². The quantitative estimate of drug-likeness (QED) is 0.674. The van der Waals surface area contributed by atoms with E-state index in [1.807, 2.05) is 38.1 Å². The van der Waals surface area contributed by atoms with Gasteiger partial charge in [0.2, 0.25) is 15.9 Å². The fourth-order valence-corrected chi connectivity index (χ4v) is 4.98. The van der Waals surface area contributed by atoms with E-state index in [9.17, 15) is 13.2 Å². The first kappa shape index (κ1) is 23.1. The van der Waals surface area contributed by atoms with Gasteiger partial charge in [-0.25, -0.2) is 8.42 Å². The summed E-state index contributed by atoms with van der Waals surface area (Å²) < 4.78 is 37.9. The van der Waals surface area contributed by atoms with Gasteiger partial charge >= 0.3 is 0 Å². The molecule has 0 spiro atoms. The molecule has 1 amide bonds. The van der Waals surface area contributed by atoms with Crippen LogP contribution in [0.3, 0.4) is 0 Å². The number of carbonyl (C=O) groups excluding carboxylic acids is 1. The van der Waals surface area contributed by atoms with Crippen LogP contribution in [0.2, 0.25) is 0 Å². The van der Waals surface area contributed by atoms with Crippen molar-refractivity contribution in [3.8, 4) is 11.5 Å². The third-order valence-corrected chi connectivity index (χ3v) is 7.34. The van der Waals surface area contributed by atoms with E-state index in [0.717, 1.165) is 11.3 Å². The minimum atomic E-state index is -3.52. The number of ether oxygens (including phenoxy) is 2. The molecule has 1 saturated heterocycles. The summed E-state index contributed by atoms with van der Waals surface area (Å²) in [7, 11) is -1.92. The second-order valence-corrected chi connectivity index (χ2v) is 9.83.